The Morgan fingerprint density at radius 3 is 2.57 bits per heavy atom. The van der Waals surface area contributed by atoms with E-state index in [2.05, 4.69) is 15.5 Å². The molecule has 0 bridgehead atoms. The van der Waals surface area contributed by atoms with Crippen LogP contribution < -0.4 is 10.6 Å². The van der Waals surface area contributed by atoms with Crippen LogP contribution in [-0.4, -0.2) is 5.11 Å². The minimum Gasteiger partial charge on any atom is -0.332 e. The van der Waals surface area contributed by atoms with Crippen LogP contribution in [0.25, 0.3) is 4.85 Å². The van der Waals surface area contributed by atoms with Crippen molar-refractivity contribution in [3.8, 4) is 6.19 Å². The average molecular weight is 202 g/mol. The van der Waals surface area contributed by atoms with Crippen molar-refractivity contribution in [2.45, 2.75) is 0 Å². The fraction of sp³-hybridized carbons (Fsp3) is 0. The van der Waals surface area contributed by atoms with Gasteiger partial charge in [-0.15, -0.1) is 0 Å². The second kappa shape index (κ2) is 4.80. The summed E-state index contributed by atoms with van der Waals surface area (Å²) in [5.41, 5.74) is 1.31. The molecule has 0 aliphatic rings. The van der Waals surface area contributed by atoms with Gasteiger partial charge >= 0.3 is 0 Å². The molecule has 0 unspecified atom stereocenters. The molecule has 0 fully saturated rings. The molecule has 0 aliphatic carbocycles. The molecule has 0 spiro atoms. The zero-order valence-electron chi connectivity index (χ0n) is 7.11. The third kappa shape index (κ3) is 2.74. The molecule has 1 rings (SSSR count). The molecule has 0 atom stereocenters. The minimum absolute atomic E-state index is 0.239. The van der Waals surface area contributed by atoms with Gasteiger partial charge in [-0.3, -0.25) is 5.32 Å². The lowest BCUT2D eigenvalue weighted by Gasteiger charge is -2.04. The first-order chi connectivity index (χ1) is 6.76. The summed E-state index contributed by atoms with van der Waals surface area (Å²) in [6.45, 7) is 6.75. The molecule has 68 valence electrons. The van der Waals surface area contributed by atoms with Gasteiger partial charge in [0, 0.05) is 5.69 Å². The van der Waals surface area contributed by atoms with Crippen LogP contribution >= 0.6 is 12.2 Å². The first kappa shape index (κ1) is 9.97. The first-order valence-electron chi connectivity index (χ1n) is 3.70. The van der Waals surface area contributed by atoms with Crippen LogP contribution in [0.3, 0.4) is 0 Å². The van der Waals surface area contributed by atoms with Crippen molar-refractivity contribution in [3.05, 3.63) is 35.7 Å². The highest BCUT2D eigenvalue weighted by Crippen LogP contribution is 2.15. The van der Waals surface area contributed by atoms with Crippen molar-refractivity contribution < 1.29 is 0 Å². The Morgan fingerprint density at radius 1 is 1.43 bits per heavy atom. The number of benzene rings is 1. The van der Waals surface area contributed by atoms with Crippen LogP contribution in [0.4, 0.5) is 11.4 Å². The van der Waals surface area contributed by atoms with Gasteiger partial charge in [-0.05, 0) is 24.4 Å². The van der Waals surface area contributed by atoms with Crippen LogP contribution in [0.5, 0.6) is 0 Å². The largest absolute Gasteiger partial charge is 0.332 e. The summed E-state index contributed by atoms with van der Waals surface area (Å²) in [6, 6.07) is 6.78. The average Bonchev–Trinajstić information content (AvgIpc) is 2.19. The highest BCUT2D eigenvalue weighted by Gasteiger charge is 1.95. The van der Waals surface area contributed by atoms with Crippen LogP contribution in [0.2, 0.25) is 0 Å². The lowest BCUT2D eigenvalue weighted by molar-refractivity contribution is 1.28. The molecule has 0 amide bonds. The van der Waals surface area contributed by atoms with Crippen LogP contribution in [0.15, 0.2) is 24.3 Å². The maximum Gasteiger partial charge on any atom is 0.187 e. The van der Waals surface area contributed by atoms with Crippen molar-refractivity contribution in [3.63, 3.8) is 0 Å². The van der Waals surface area contributed by atoms with Crippen LogP contribution in [-0.2, 0) is 0 Å². The van der Waals surface area contributed by atoms with Crippen LogP contribution in [0, 0.1) is 18.0 Å². The lowest BCUT2D eigenvalue weighted by Crippen LogP contribution is -2.23. The predicted octanol–water partition coefficient (Wildman–Crippen LogP) is 2.00. The van der Waals surface area contributed by atoms with Crippen molar-refractivity contribution in [1.82, 2.24) is 5.32 Å². The summed E-state index contributed by atoms with van der Waals surface area (Å²) < 4.78 is 0. The zero-order valence-corrected chi connectivity index (χ0v) is 7.93. The number of anilines is 1. The zero-order chi connectivity index (χ0) is 10.4. The number of hydrogen-bond acceptors (Lipinski definition) is 2. The van der Waals surface area contributed by atoms with E-state index in [0.717, 1.165) is 5.69 Å². The van der Waals surface area contributed by atoms with Gasteiger partial charge in [0.1, 0.15) is 0 Å². The maximum absolute atomic E-state index is 8.27. The summed E-state index contributed by atoms with van der Waals surface area (Å²) in [7, 11) is 0. The number of nitrogens with one attached hydrogen (secondary N) is 2. The van der Waals surface area contributed by atoms with Crippen molar-refractivity contribution >= 4 is 28.7 Å². The van der Waals surface area contributed by atoms with Crippen molar-refractivity contribution in [1.29, 1.82) is 5.26 Å². The van der Waals surface area contributed by atoms with E-state index in [4.69, 9.17) is 24.1 Å². The molecule has 0 aliphatic heterocycles. The number of hydrogen-bond donors (Lipinski definition) is 2. The molecule has 14 heavy (non-hydrogen) atoms. The van der Waals surface area contributed by atoms with E-state index in [1.807, 2.05) is 0 Å². The lowest BCUT2D eigenvalue weighted by atomic mass is 10.3. The molecule has 2 N–H and O–H groups in total. The maximum atomic E-state index is 8.27. The summed E-state index contributed by atoms with van der Waals surface area (Å²) >= 11 is 4.79. The molecule has 4 nitrogen and oxygen atoms in total. The van der Waals surface area contributed by atoms with Gasteiger partial charge in [-0.2, -0.15) is 5.26 Å². The first-order valence-corrected chi connectivity index (χ1v) is 4.10. The Kier molecular flexibility index (Phi) is 3.42. The van der Waals surface area contributed by atoms with E-state index in [9.17, 15) is 0 Å². The minimum atomic E-state index is 0.239. The van der Waals surface area contributed by atoms with Crippen molar-refractivity contribution in [2.24, 2.45) is 0 Å². The fourth-order valence-corrected chi connectivity index (χ4v) is 0.996. The van der Waals surface area contributed by atoms with Gasteiger partial charge in [0.2, 0.25) is 0 Å². The second-order valence-electron chi connectivity index (χ2n) is 2.35. The van der Waals surface area contributed by atoms with Gasteiger partial charge < -0.3 is 5.32 Å². The second-order valence-corrected chi connectivity index (χ2v) is 2.76. The van der Waals surface area contributed by atoms with Gasteiger partial charge in [0.25, 0.3) is 0 Å². The Bertz CT molecular complexity index is 410. The Hall–Kier alpha value is -2.11. The van der Waals surface area contributed by atoms with E-state index in [0.29, 0.717) is 5.69 Å². The third-order valence-corrected chi connectivity index (χ3v) is 1.63. The molecule has 1 aromatic rings. The SMILES string of the molecule is [C-]#[N+]c1ccc(NC(=S)NC#N)cc1. The topological polar surface area (TPSA) is 52.2 Å². The van der Waals surface area contributed by atoms with Gasteiger partial charge in [-0.25, -0.2) is 4.85 Å². The van der Waals surface area contributed by atoms with E-state index < -0.39 is 0 Å². The molecule has 0 aromatic heterocycles. The third-order valence-electron chi connectivity index (χ3n) is 1.42. The summed E-state index contributed by atoms with van der Waals surface area (Å²) in [5, 5.41) is 13.6. The monoisotopic (exact) mass is 202 g/mol. The number of thiocarbonyl (C=S) groups is 1. The molecular weight excluding hydrogens is 196 g/mol. The summed E-state index contributed by atoms with van der Waals surface area (Å²) in [4.78, 5) is 3.25. The number of rotatable bonds is 1. The molecule has 0 saturated heterocycles. The Balaban J connectivity index is 2.66. The predicted molar refractivity (Wildman–Crippen MR) is 57.7 cm³/mol. The Labute approximate surface area is 87.0 Å². The van der Waals surface area contributed by atoms with E-state index in [1.165, 1.54) is 0 Å². The highest BCUT2D eigenvalue weighted by molar-refractivity contribution is 7.80. The van der Waals surface area contributed by atoms with Gasteiger partial charge in [-0.1, -0.05) is 12.1 Å². The standard InChI is InChI=1S/C9H6N4S/c1-11-7-2-4-8(5-3-7)13-9(14)12-6-10/h2-5H,(H2,12,13,14). The normalized spacial score (nSPS) is 8.14. The van der Waals surface area contributed by atoms with Gasteiger partial charge in [0.15, 0.2) is 17.0 Å². The fourth-order valence-electron chi connectivity index (χ4n) is 0.832. The quantitative estimate of drug-likeness (QED) is 0.316. The smallest absolute Gasteiger partial charge is 0.187 e. The highest BCUT2D eigenvalue weighted by atomic mass is 32.1. The van der Waals surface area contributed by atoms with E-state index >= 15 is 0 Å². The van der Waals surface area contributed by atoms with Gasteiger partial charge in [0.05, 0.1) is 6.57 Å². The molecule has 0 heterocycles. The molecule has 1 aromatic carbocycles. The van der Waals surface area contributed by atoms with E-state index in [1.54, 1.807) is 30.5 Å². The Morgan fingerprint density at radius 2 is 2.07 bits per heavy atom. The molecule has 0 radical (unpaired) electrons. The summed E-state index contributed by atoms with van der Waals surface area (Å²) in [5.74, 6) is 0. The van der Waals surface area contributed by atoms with Crippen LogP contribution in [0.1, 0.15) is 0 Å². The molecule has 0 saturated carbocycles. The number of nitriles is 1. The number of nitrogens with zero attached hydrogens (tertiary/aromatic N) is 2. The molecular formula is C9H6N4S. The van der Waals surface area contributed by atoms with Crippen molar-refractivity contribution in [2.75, 3.05) is 5.32 Å². The summed E-state index contributed by atoms with van der Waals surface area (Å²) in [6.07, 6.45) is 1.71. The molecule has 5 heteroatoms. The van der Waals surface area contributed by atoms with E-state index in [-0.39, 0.29) is 5.11 Å².